The number of carboxylic acids is 1. The van der Waals surface area contributed by atoms with Gasteiger partial charge in [-0.1, -0.05) is 61.2 Å². The van der Waals surface area contributed by atoms with E-state index in [1.165, 1.54) is 0 Å². The van der Waals surface area contributed by atoms with Crippen molar-refractivity contribution in [3.05, 3.63) is 70.2 Å². The van der Waals surface area contributed by atoms with Crippen LogP contribution >= 0.6 is 11.6 Å². The number of hydrogen-bond acceptors (Lipinski definition) is 3. The molecule has 0 radical (unpaired) electrons. The molecule has 0 N–H and O–H groups in total. The normalized spacial score (nSPS) is 23.1. The molecule has 4 nitrogen and oxygen atoms in total. The Balaban J connectivity index is 1.89. The van der Waals surface area contributed by atoms with E-state index in [4.69, 9.17) is 11.6 Å². The third-order valence-electron chi connectivity index (χ3n) is 5.81. The number of carbonyl (C=O) groups excluding carboxylic acids is 2. The molecule has 1 fully saturated rings. The number of benzene rings is 2. The largest absolute Gasteiger partial charge is 0.549 e. The second-order valence-corrected chi connectivity index (χ2v) is 7.82. The molecule has 2 aromatic rings. The number of carbonyl (C=O) groups is 2. The van der Waals surface area contributed by atoms with Gasteiger partial charge in [0.05, 0.1) is 12.0 Å². The summed E-state index contributed by atoms with van der Waals surface area (Å²) in [5.41, 5.74) is 1.79. The zero-order chi connectivity index (χ0) is 19.0. The molecule has 5 heteroatoms. The van der Waals surface area contributed by atoms with E-state index in [0.717, 1.165) is 37.7 Å². The van der Waals surface area contributed by atoms with Gasteiger partial charge in [0.25, 0.3) is 5.91 Å². The van der Waals surface area contributed by atoms with Crippen molar-refractivity contribution >= 4 is 23.5 Å². The second kappa shape index (κ2) is 7.35. The van der Waals surface area contributed by atoms with Crippen LogP contribution in [0.25, 0.3) is 0 Å². The standard InChI is InChI=1S/C22H22ClNO3/c23-15-12-10-14(11-13-15)20-19(22(26)27)17-8-4-5-9-18(17)21(25)24(20)16-6-2-1-3-7-16/h4-5,8-13,16,19-20H,1-3,6-7H2,(H,26,27)/p-1/t19-,20-/m0/s1. The molecule has 0 bridgehead atoms. The molecule has 1 aliphatic carbocycles. The highest BCUT2D eigenvalue weighted by Crippen LogP contribution is 2.45. The minimum atomic E-state index is -1.16. The summed E-state index contributed by atoms with van der Waals surface area (Å²) < 4.78 is 0. The van der Waals surface area contributed by atoms with Crippen LogP contribution in [0.15, 0.2) is 48.5 Å². The van der Waals surface area contributed by atoms with Gasteiger partial charge in [-0.3, -0.25) is 4.79 Å². The number of hydrogen-bond donors (Lipinski definition) is 0. The number of carboxylic acid groups (broad SMARTS) is 1. The van der Waals surface area contributed by atoms with Gasteiger partial charge in [-0.15, -0.1) is 0 Å². The maximum Gasteiger partial charge on any atom is 0.254 e. The highest BCUT2D eigenvalue weighted by Gasteiger charge is 2.44. The lowest BCUT2D eigenvalue weighted by molar-refractivity contribution is -0.309. The van der Waals surface area contributed by atoms with Crippen molar-refractivity contribution in [1.29, 1.82) is 0 Å². The summed E-state index contributed by atoms with van der Waals surface area (Å²) >= 11 is 6.04. The van der Waals surface area contributed by atoms with Gasteiger partial charge in [0, 0.05) is 22.5 Å². The first-order chi connectivity index (χ1) is 13.1. The Bertz CT molecular complexity index is 858. The maximum absolute atomic E-state index is 13.4. The minimum Gasteiger partial charge on any atom is -0.549 e. The Morgan fingerprint density at radius 2 is 1.67 bits per heavy atom. The van der Waals surface area contributed by atoms with Crippen LogP contribution in [0.5, 0.6) is 0 Å². The summed E-state index contributed by atoms with van der Waals surface area (Å²) in [7, 11) is 0. The Hall–Kier alpha value is -2.33. The quantitative estimate of drug-likeness (QED) is 0.813. The third-order valence-corrected chi connectivity index (χ3v) is 6.06. The van der Waals surface area contributed by atoms with E-state index in [1.54, 1.807) is 36.4 Å². The smallest absolute Gasteiger partial charge is 0.254 e. The molecule has 0 unspecified atom stereocenters. The van der Waals surface area contributed by atoms with Crippen LogP contribution in [0.3, 0.4) is 0 Å². The zero-order valence-corrected chi connectivity index (χ0v) is 15.7. The van der Waals surface area contributed by atoms with Crippen LogP contribution in [0, 0.1) is 0 Å². The molecule has 1 aliphatic heterocycles. The summed E-state index contributed by atoms with van der Waals surface area (Å²) in [6.07, 6.45) is 5.07. The fourth-order valence-electron chi connectivity index (χ4n) is 4.58. The SMILES string of the molecule is O=C([O-])[C@H]1c2ccccc2C(=O)N(C2CCCCC2)[C@H]1c1ccc(Cl)cc1. The first-order valence-corrected chi connectivity index (χ1v) is 9.83. The molecule has 0 aromatic heterocycles. The van der Waals surface area contributed by atoms with Crippen LogP contribution in [-0.4, -0.2) is 22.8 Å². The van der Waals surface area contributed by atoms with Crippen LogP contribution in [0.1, 0.15) is 65.5 Å². The number of aliphatic carboxylic acids is 1. The molecule has 1 heterocycles. The van der Waals surface area contributed by atoms with Crippen LogP contribution < -0.4 is 5.11 Å². The van der Waals surface area contributed by atoms with E-state index >= 15 is 0 Å². The average Bonchev–Trinajstić information content (AvgIpc) is 2.69. The van der Waals surface area contributed by atoms with Crippen molar-refractivity contribution in [3.63, 3.8) is 0 Å². The van der Waals surface area contributed by atoms with Crippen molar-refractivity contribution < 1.29 is 14.7 Å². The number of rotatable bonds is 3. The third kappa shape index (κ3) is 3.23. The summed E-state index contributed by atoms with van der Waals surface area (Å²) in [4.78, 5) is 27.5. The maximum atomic E-state index is 13.4. The number of amides is 1. The molecule has 140 valence electrons. The molecule has 0 saturated heterocycles. The van der Waals surface area contributed by atoms with Gasteiger partial charge in [0.2, 0.25) is 0 Å². The molecule has 2 atom stereocenters. The van der Waals surface area contributed by atoms with Gasteiger partial charge >= 0.3 is 0 Å². The van der Waals surface area contributed by atoms with Gasteiger partial charge in [0.1, 0.15) is 0 Å². The highest BCUT2D eigenvalue weighted by atomic mass is 35.5. The first kappa shape index (κ1) is 18.1. The number of nitrogens with zero attached hydrogens (tertiary/aromatic N) is 1. The first-order valence-electron chi connectivity index (χ1n) is 9.46. The van der Waals surface area contributed by atoms with Gasteiger partial charge in [-0.2, -0.15) is 0 Å². The van der Waals surface area contributed by atoms with Gasteiger partial charge in [-0.25, -0.2) is 0 Å². The fourth-order valence-corrected chi connectivity index (χ4v) is 4.71. The molecule has 2 aliphatic rings. The van der Waals surface area contributed by atoms with E-state index < -0.39 is 17.9 Å². The predicted octanol–water partition coefficient (Wildman–Crippen LogP) is 3.70. The van der Waals surface area contributed by atoms with Crippen molar-refractivity contribution in [2.24, 2.45) is 0 Å². The molecule has 27 heavy (non-hydrogen) atoms. The lowest BCUT2D eigenvalue weighted by Crippen LogP contribution is -2.52. The van der Waals surface area contributed by atoms with E-state index in [2.05, 4.69) is 0 Å². The predicted molar refractivity (Wildman–Crippen MR) is 101 cm³/mol. The second-order valence-electron chi connectivity index (χ2n) is 7.38. The van der Waals surface area contributed by atoms with Gasteiger partial charge in [-0.05, 0) is 42.2 Å². The topological polar surface area (TPSA) is 60.4 Å². The van der Waals surface area contributed by atoms with Gasteiger partial charge < -0.3 is 14.8 Å². The lowest BCUT2D eigenvalue weighted by atomic mass is 9.77. The van der Waals surface area contributed by atoms with E-state index in [-0.39, 0.29) is 11.9 Å². The van der Waals surface area contributed by atoms with E-state index in [1.807, 2.05) is 17.0 Å². The molecule has 2 aromatic carbocycles. The molecular weight excluding hydrogens is 362 g/mol. The van der Waals surface area contributed by atoms with E-state index in [0.29, 0.717) is 16.1 Å². The average molecular weight is 383 g/mol. The van der Waals surface area contributed by atoms with Crippen LogP contribution in [0.4, 0.5) is 0 Å². The van der Waals surface area contributed by atoms with Crippen molar-refractivity contribution in [2.45, 2.75) is 50.1 Å². The summed E-state index contributed by atoms with van der Waals surface area (Å²) in [6.45, 7) is 0. The minimum absolute atomic E-state index is 0.0436. The van der Waals surface area contributed by atoms with Crippen LogP contribution in [0.2, 0.25) is 5.02 Å². The van der Waals surface area contributed by atoms with Crippen molar-refractivity contribution in [1.82, 2.24) is 4.90 Å². The monoisotopic (exact) mass is 382 g/mol. The van der Waals surface area contributed by atoms with Crippen LogP contribution in [-0.2, 0) is 4.79 Å². The molecular formula is C22H21ClNO3-. The highest BCUT2D eigenvalue weighted by molar-refractivity contribution is 6.30. The number of fused-ring (bicyclic) bond motifs is 1. The Labute approximate surface area is 163 Å². The van der Waals surface area contributed by atoms with Crippen molar-refractivity contribution in [2.75, 3.05) is 0 Å². The lowest BCUT2D eigenvalue weighted by Gasteiger charge is -2.47. The summed E-state index contributed by atoms with van der Waals surface area (Å²) in [5, 5.41) is 12.8. The Morgan fingerprint density at radius 1 is 1.00 bits per heavy atom. The Morgan fingerprint density at radius 3 is 2.33 bits per heavy atom. The molecule has 1 amide bonds. The molecule has 1 saturated carbocycles. The van der Waals surface area contributed by atoms with Crippen molar-refractivity contribution in [3.8, 4) is 0 Å². The molecule has 4 rings (SSSR count). The van der Waals surface area contributed by atoms with E-state index in [9.17, 15) is 14.7 Å². The summed E-state index contributed by atoms with van der Waals surface area (Å²) in [6, 6.07) is 13.6. The number of halogens is 1. The summed E-state index contributed by atoms with van der Waals surface area (Å²) in [5.74, 6) is -2.15. The zero-order valence-electron chi connectivity index (χ0n) is 14.9. The molecule has 0 spiro atoms. The fraction of sp³-hybridized carbons (Fsp3) is 0.364. The van der Waals surface area contributed by atoms with Gasteiger partial charge in [0.15, 0.2) is 0 Å². The Kier molecular flexibility index (Phi) is 4.92.